The van der Waals surface area contributed by atoms with Crippen molar-refractivity contribution in [2.45, 2.75) is 13.8 Å². The standard InChI is InChI=1S/C22H26N7P/c1-15(2)22(19-8-9-26-29(19)5)16(3)28(4)14-21(30)27-20-7-6-17(12-25-20)18-13-23-10-11-24-18/h6-13,30H,1,14H2,2-5H3,(H,25,27)/b22-16+. The largest absolute Gasteiger partial charge is 0.371 e. The van der Waals surface area contributed by atoms with Crippen LogP contribution in [0.1, 0.15) is 19.5 Å². The van der Waals surface area contributed by atoms with Crippen LogP contribution in [0.25, 0.3) is 16.8 Å². The van der Waals surface area contributed by atoms with Gasteiger partial charge in [0.2, 0.25) is 0 Å². The number of aryl methyl sites for hydroxylation is 1. The molecule has 0 spiro atoms. The van der Waals surface area contributed by atoms with E-state index in [0.717, 1.165) is 45.0 Å². The van der Waals surface area contributed by atoms with Gasteiger partial charge in [-0.2, -0.15) is 5.10 Å². The summed E-state index contributed by atoms with van der Waals surface area (Å²) >= 11 is 0. The quantitative estimate of drug-likeness (QED) is 0.441. The van der Waals surface area contributed by atoms with Crippen LogP contribution in [0, 0.1) is 0 Å². The molecule has 0 aliphatic carbocycles. The van der Waals surface area contributed by atoms with Gasteiger partial charge in [0.25, 0.3) is 0 Å². The van der Waals surface area contributed by atoms with E-state index in [1.54, 1.807) is 31.0 Å². The predicted octanol–water partition coefficient (Wildman–Crippen LogP) is 3.90. The lowest BCUT2D eigenvalue weighted by Gasteiger charge is -2.25. The lowest BCUT2D eigenvalue weighted by Crippen LogP contribution is -2.28. The van der Waals surface area contributed by atoms with Crippen molar-refractivity contribution >= 4 is 25.7 Å². The van der Waals surface area contributed by atoms with Crippen molar-refractivity contribution in [3.8, 4) is 11.3 Å². The first-order valence-corrected chi connectivity index (χ1v) is 10.00. The normalized spacial score (nSPS) is 11.6. The molecule has 1 N–H and O–H groups in total. The Balaban J connectivity index is 1.69. The minimum atomic E-state index is 0.644. The van der Waals surface area contributed by atoms with Crippen LogP contribution in [0.2, 0.25) is 0 Å². The molecule has 3 aromatic heterocycles. The van der Waals surface area contributed by atoms with E-state index in [-0.39, 0.29) is 0 Å². The number of likely N-dealkylation sites (N-methyl/N-ethyl adjacent to an activating group) is 1. The Morgan fingerprint density at radius 2 is 1.93 bits per heavy atom. The van der Waals surface area contributed by atoms with Gasteiger partial charge >= 0.3 is 0 Å². The van der Waals surface area contributed by atoms with E-state index >= 15 is 0 Å². The van der Waals surface area contributed by atoms with E-state index in [1.165, 1.54) is 0 Å². The van der Waals surface area contributed by atoms with Crippen LogP contribution in [0.15, 0.2) is 67.0 Å². The fourth-order valence-corrected chi connectivity index (χ4v) is 3.51. The summed E-state index contributed by atoms with van der Waals surface area (Å²) < 4.78 is 1.86. The molecule has 8 heteroatoms. The molecule has 0 atom stereocenters. The summed E-state index contributed by atoms with van der Waals surface area (Å²) in [6.45, 7) is 8.90. The van der Waals surface area contributed by atoms with Gasteiger partial charge < -0.3 is 10.2 Å². The third-order valence-electron chi connectivity index (χ3n) is 4.73. The lowest BCUT2D eigenvalue weighted by molar-refractivity contribution is 0.482. The number of hydrogen-bond acceptors (Lipinski definition) is 5. The molecule has 3 heterocycles. The monoisotopic (exact) mass is 419 g/mol. The number of pyridine rings is 1. The van der Waals surface area contributed by atoms with Crippen LogP contribution < -0.4 is 5.32 Å². The molecule has 0 aromatic carbocycles. The van der Waals surface area contributed by atoms with Gasteiger partial charge in [0, 0.05) is 55.7 Å². The van der Waals surface area contributed by atoms with Crippen molar-refractivity contribution in [2.75, 3.05) is 18.9 Å². The molecule has 0 amide bonds. The van der Waals surface area contributed by atoms with Gasteiger partial charge in [0.15, 0.2) is 0 Å². The van der Waals surface area contributed by atoms with Crippen LogP contribution in [-0.2, 0) is 7.05 Å². The number of allylic oxidation sites excluding steroid dienone is 3. The Bertz CT molecular complexity index is 1070. The van der Waals surface area contributed by atoms with Crippen LogP contribution in [0.5, 0.6) is 0 Å². The second-order valence-corrected chi connectivity index (χ2v) is 7.67. The summed E-state index contributed by atoms with van der Waals surface area (Å²) in [7, 11) is 7.67. The van der Waals surface area contributed by atoms with E-state index in [2.05, 4.69) is 52.6 Å². The zero-order valence-electron chi connectivity index (χ0n) is 17.7. The number of nitrogens with zero attached hydrogens (tertiary/aromatic N) is 6. The number of hydrogen-bond donors (Lipinski definition) is 1. The molecule has 154 valence electrons. The maximum atomic E-state index is 4.48. The highest BCUT2D eigenvalue weighted by atomic mass is 31.0. The Labute approximate surface area is 179 Å². The summed E-state index contributed by atoms with van der Waals surface area (Å²) in [5.41, 5.74) is 6.83. The van der Waals surface area contributed by atoms with Crippen molar-refractivity contribution in [1.29, 1.82) is 0 Å². The Morgan fingerprint density at radius 1 is 1.13 bits per heavy atom. The van der Waals surface area contributed by atoms with Crippen LogP contribution in [0.4, 0.5) is 5.82 Å². The zero-order valence-corrected chi connectivity index (χ0v) is 18.7. The number of rotatable bonds is 8. The van der Waals surface area contributed by atoms with Gasteiger partial charge in [0.1, 0.15) is 5.82 Å². The molecule has 30 heavy (non-hydrogen) atoms. The highest BCUT2D eigenvalue weighted by Crippen LogP contribution is 2.26. The number of anilines is 1. The molecular formula is C22H26N7P. The Morgan fingerprint density at radius 3 is 2.50 bits per heavy atom. The molecule has 0 saturated heterocycles. The average molecular weight is 419 g/mol. The molecular weight excluding hydrogens is 393 g/mol. The average Bonchev–Trinajstić information content (AvgIpc) is 3.14. The molecule has 7 nitrogen and oxygen atoms in total. The fourth-order valence-electron chi connectivity index (χ4n) is 3.14. The van der Waals surface area contributed by atoms with Gasteiger partial charge in [-0.25, -0.2) is 4.98 Å². The highest BCUT2D eigenvalue weighted by molar-refractivity contribution is 7.21. The topological polar surface area (TPSA) is 71.8 Å². The number of nitrogens with one attached hydrogen (secondary N) is 1. The van der Waals surface area contributed by atoms with E-state index in [0.29, 0.717) is 6.54 Å². The molecule has 3 rings (SSSR count). The summed E-state index contributed by atoms with van der Waals surface area (Å²) in [4.78, 5) is 15.0. The summed E-state index contributed by atoms with van der Waals surface area (Å²) in [5.74, 6) is 0.745. The minimum absolute atomic E-state index is 0.644. The van der Waals surface area contributed by atoms with Gasteiger partial charge in [-0.3, -0.25) is 14.6 Å². The first kappa shape index (κ1) is 21.4. The van der Waals surface area contributed by atoms with Gasteiger partial charge in [-0.1, -0.05) is 15.4 Å². The van der Waals surface area contributed by atoms with Crippen molar-refractivity contribution in [1.82, 2.24) is 29.6 Å². The Kier molecular flexibility index (Phi) is 6.75. The smallest absolute Gasteiger partial charge is 0.130 e. The van der Waals surface area contributed by atoms with Gasteiger partial charge in [-0.15, -0.1) is 0 Å². The molecule has 3 aromatic rings. The van der Waals surface area contributed by atoms with Crippen molar-refractivity contribution in [3.63, 3.8) is 0 Å². The second kappa shape index (κ2) is 9.46. The molecule has 0 saturated carbocycles. The second-order valence-electron chi connectivity index (χ2n) is 7.06. The Hall–Kier alpha value is -3.31. The third-order valence-corrected chi connectivity index (χ3v) is 5.02. The molecule has 0 aliphatic rings. The van der Waals surface area contributed by atoms with E-state index in [9.17, 15) is 0 Å². The van der Waals surface area contributed by atoms with E-state index < -0.39 is 0 Å². The SMILES string of the molecule is C=C(C)/C(=C(/C)N(C)CC(=P)Nc1ccc(-c2cnccn2)cn1)c1ccnn1C. The molecule has 0 radical (unpaired) electrons. The first-order valence-electron chi connectivity index (χ1n) is 9.50. The molecule has 0 unspecified atom stereocenters. The highest BCUT2D eigenvalue weighted by Gasteiger charge is 2.14. The zero-order chi connectivity index (χ0) is 21.7. The third kappa shape index (κ3) is 4.99. The lowest BCUT2D eigenvalue weighted by atomic mass is 10.0. The fraction of sp³-hybridized carbons (Fsp3) is 0.227. The van der Waals surface area contributed by atoms with Crippen molar-refractivity contribution in [2.24, 2.45) is 7.05 Å². The molecule has 0 bridgehead atoms. The molecule has 0 aliphatic heterocycles. The summed E-state index contributed by atoms with van der Waals surface area (Å²) in [6.07, 6.45) is 8.62. The predicted molar refractivity (Wildman–Crippen MR) is 125 cm³/mol. The maximum absolute atomic E-state index is 4.48. The minimum Gasteiger partial charge on any atom is -0.371 e. The number of aromatic nitrogens is 5. The summed E-state index contributed by atoms with van der Waals surface area (Å²) in [5, 5.41) is 7.59. The maximum Gasteiger partial charge on any atom is 0.130 e. The van der Waals surface area contributed by atoms with Crippen molar-refractivity contribution < 1.29 is 0 Å². The van der Waals surface area contributed by atoms with Crippen LogP contribution >= 0.6 is 8.86 Å². The van der Waals surface area contributed by atoms with Crippen molar-refractivity contribution in [3.05, 3.63) is 72.7 Å². The van der Waals surface area contributed by atoms with Gasteiger partial charge in [-0.05, 0) is 37.6 Å². The summed E-state index contributed by atoms with van der Waals surface area (Å²) in [6, 6.07) is 5.89. The van der Waals surface area contributed by atoms with Gasteiger partial charge in [0.05, 0.1) is 29.5 Å². The van der Waals surface area contributed by atoms with Crippen LogP contribution in [-0.4, -0.2) is 48.6 Å². The van der Waals surface area contributed by atoms with E-state index in [1.807, 2.05) is 43.9 Å². The van der Waals surface area contributed by atoms with E-state index in [4.69, 9.17) is 0 Å². The molecule has 0 fully saturated rings. The first-order chi connectivity index (χ1) is 14.4. The van der Waals surface area contributed by atoms with Crippen LogP contribution in [0.3, 0.4) is 0 Å².